The number of para-hydroxylation sites is 1. The third kappa shape index (κ3) is 2.39. The molecule has 3 heteroatoms. The van der Waals surface area contributed by atoms with E-state index in [0.29, 0.717) is 6.04 Å². The van der Waals surface area contributed by atoms with Gasteiger partial charge in [0.2, 0.25) is 0 Å². The normalized spacial score (nSPS) is 12.6. The van der Waals surface area contributed by atoms with Crippen molar-refractivity contribution in [1.82, 2.24) is 15.1 Å². The highest BCUT2D eigenvalue weighted by molar-refractivity contribution is 5.42. The quantitative estimate of drug-likeness (QED) is 0.873. The summed E-state index contributed by atoms with van der Waals surface area (Å²) in [5.74, 6) is 0. The van der Waals surface area contributed by atoms with Crippen LogP contribution in [-0.4, -0.2) is 16.8 Å². The minimum Gasteiger partial charge on any atom is -0.313 e. The van der Waals surface area contributed by atoms with E-state index in [1.165, 1.54) is 11.1 Å². The van der Waals surface area contributed by atoms with Crippen LogP contribution in [0.5, 0.6) is 0 Å². The number of aryl methyl sites for hydroxylation is 1. The summed E-state index contributed by atoms with van der Waals surface area (Å²) >= 11 is 0. The van der Waals surface area contributed by atoms with Crippen LogP contribution in [0.25, 0.3) is 5.69 Å². The number of benzene rings is 1. The van der Waals surface area contributed by atoms with Crippen molar-refractivity contribution in [2.24, 2.45) is 0 Å². The second-order valence-electron chi connectivity index (χ2n) is 4.27. The first kappa shape index (κ1) is 11.9. The number of rotatable bonds is 4. The summed E-state index contributed by atoms with van der Waals surface area (Å²) in [7, 11) is 2.00. The molecule has 0 aliphatic carbocycles. The van der Waals surface area contributed by atoms with E-state index < -0.39 is 0 Å². The number of hydrogen-bond donors (Lipinski definition) is 1. The van der Waals surface area contributed by atoms with Gasteiger partial charge in [-0.2, -0.15) is 5.10 Å². The molecule has 0 saturated carbocycles. The molecule has 2 rings (SSSR count). The Kier molecular flexibility index (Phi) is 3.59. The molecule has 0 aliphatic heterocycles. The van der Waals surface area contributed by atoms with Crippen LogP contribution in [-0.2, 0) is 0 Å². The van der Waals surface area contributed by atoms with Gasteiger partial charge in [-0.15, -0.1) is 0 Å². The van der Waals surface area contributed by atoms with Crippen LogP contribution in [0.4, 0.5) is 0 Å². The standard InChI is InChI=1S/C14H19N3/c1-4-13(15-3)12-7-5-6-8-14(12)17-10-11(2)9-16-17/h5-10,13,15H,4H2,1-3H3. The van der Waals surface area contributed by atoms with Crippen LogP contribution in [0.3, 0.4) is 0 Å². The highest BCUT2D eigenvalue weighted by Gasteiger charge is 2.12. The van der Waals surface area contributed by atoms with Gasteiger partial charge in [-0.3, -0.25) is 0 Å². The van der Waals surface area contributed by atoms with E-state index in [1.807, 2.05) is 17.9 Å². The zero-order valence-electron chi connectivity index (χ0n) is 10.6. The van der Waals surface area contributed by atoms with E-state index in [-0.39, 0.29) is 0 Å². The number of nitrogens with zero attached hydrogens (tertiary/aromatic N) is 2. The number of nitrogens with one attached hydrogen (secondary N) is 1. The molecule has 90 valence electrons. The zero-order chi connectivity index (χ0) is 12.3. The van der Waals surface area contributed by atoms with Crippen molar-refractivity contribution in [3.05, 3.63) is 47.8 Å². The molecule has 1 unspecified atom stereocenters. The number of aromatic nitrogens is 2. The van der Waals surface area contributed by atoms with E-state index in [9.17, 15) is 0 Å². The molecule has 0 spiro atoms. The van der Waals surface area contributed by atoms with E-state index in [1.54, 1.807) is 0 Å². The molecule has 1 aromatic heterocycles. The van der Waals surface area contributed by atoms with Crippen LogP contribution >= 0.6 is 0 Å². The van der Waals surface area contributed by atoms with Gasteiger partial charge in [0.25, 0.3) is 0 Å². The molecular weight excluding hydrogens is 210 g/mol. The van der Waals surface area contributed by atoms with Crippen LogP contribution in [0.15, 0.2) is 36.7 Å². The SMILES string of the molecule is CCC(NC)c1ccccc1-n1cc(C)cn1. The summed E-state index contributed by atoms with van der Waals surface area (Å²) in [4.78, 5) is 0. The molecular formula is C14H19N3. The summed E-state index contributed by atoms with van der Waals surface area (Å²) in [6.07, 6.45) is 5.01. The van der Waals surface area contributed by atoms with Crippen LogP contribution < -0.4 is 5.32 Å². The highest BCUT2D eigenvalue weighted by Crippen LogP contribution is 2.23. The molecule has 0 fully saturated rings. The van der Waals surface area contributed by atoms with Crippen LogP contribution in [0.2, 0.25) is 0 Å². The first-order chi connectivity index (χ1) is 8.26. The van der Waals surface area contributed by atoms with Crippen molar-refractivity contribution in [3.63, 3.8) is 0 Å². The van der Waals surface area contributed by atoms with E-state index >= 15 is 0 Å². The van der Waals surface area contributed by atoms with Gasteiger partial charge >= 0.3 is 0 Å². The van der Waals surface area contributed by atoms with Crippen molar-refractivity contribution >= 4 is 0 Å². The van der Waals surface area contributed by atoms with Gasteiger partial charge in [0.1, 0.15) is 0 Å². The molecule has 1 aromatic carbocycles. The molecule has 0 radical (unpaired) electrons. The third-order valence-corrected chi connectivity index (χ3v) is 3.03. The van der Waals surface area contributed by atoms with Crippen LogP contribution in [0, 0.1) is 6.92 Å². The van der Waals surface area contributed by atoms with Crippen molar-refractivity contribution < 1.29 is 0 Å². The van der Waals surface area contributed by atoms with Crippen LogP contribution in [0.1, 0.15) is 30.5 Å². The molecule has 2 aromatic rings. The fourth-order valence-electron chi connectivity index (χ4n) is 2.11. The minimum absolute atomic E-state index is 0.371. The third-order valence-electron chi connectivity index (χ3n) is 3.03. The Morgan fingerprint density at radius 2 is 2.12 bits per heavy atom. The lowest BCUT2D eigenvalue weighted by Crippen LogP contribution is -2.17. The fourth-order valence-corrected chi connectivity index (χ4v) is 2.11. The summed E-state index contributed by atoms with van der Waals surface area (Å²) in [5.41, 5.74) is 3.62. The molecule has 1 N–H and O–H groups in total. The smallest absolute Gasteiger partial charge is 0.0693 e. The average molecular weight is 229 g/mol. The molecule has 0 saturated heterocycles. The van der Waals surface area contributed by atoms with Crippen molar-refractivity contribution in [2.45, 2.75) is 26.3 Å². The monoisotopic (exact) mass is 229 g/mol. The van der Waals surface area contributed by atoms with Gasteiger partial charge in [0, 0.05) is 12.2 Å². The van der Waals surface area contributed by atoms with Gasteiger partial charge in [-0.1, -0.05) is 25.1 Å². The van der Waals surface area contributed by atoms with Gasteiger partial charge in [-0.05, 0) is 37.6 Å². The lowest BCUT2D eigenvalue weighted by Gasteiger charge is -2.18. The van der Waals surface area contributed by atoms with Crippen molar-refractivity contribution in [3.8, 4) is 5.69 Å². The van der Waals surface area contributed by atoms with E-state index in [0.717, 1.165) is 12.1 Å². The number of hydrogen-bond acceptors (Lipinski definition) is 2. The van der Waals surface area contributed by atoms with Gasteiger partial charge in [-0.25, -0.2) is 4.68 Å². The first-order valence-electron chi connectivity index (χ1n) is 6.04. The second-order valence-corrected chi connectivity index (χ2v) is 4.27. The maximum atomic E-state index is 4.39. The Hall–Kier alpha value is -1.61. The Bertz CT molecular complexity index is 484. The lowest BCUT2D eigenvalue weighted by molar-refractivity contribution is 0.572. The van der Waals surface area contributed by atoms with Crippen molar-refractivity contribution in [1.29, 1.82) is 0 Å². The fraction of sp³-hybridized carbons (Fsp3) is 0.357. The Morgan fingerprint density at radius 1 is 1.35 bits per heavy atom. The Balaban J connectivity index is 2.47. The molecule has 0 aliphatic rings. The van der Waals surface area contributed by atoms with Crippen molar-refractivity contribution in [2.75, 3.05) is 7.05 Å². The highest BCUT2D eigenvalue weighted by atomic mass is 15.3. The first-order valence-corrected chi connectivity index (χ1v) is 6.04. The Labute approximate surface area is 102 Å². The molecule has 0 amide bonds. The zero-order valence-corrected chi connectivity index (χ0v) is 10.6. The topological polar surface area (TPSA) is 29.9 Å². The maximum Gasteiger partial charge on any atom is 0.0693 e. The molecule has 17 heavy (non-hydrogen) atoms. The molecule has 1 heterocycles. The van der Waals surface area contributed by atoms with Gasteiger partial charge < -0.3 is 5.32 Å². The largest absolute Gasteiger partial charge is 0.313 e. The average Bonchev–Trinajstić information content (AvgIpc) is 2.78. The lowest BCUT2D eigenvalue weighted by atomic mass is 10.0. The minimum atomic E-state index is 0.371. The predicted molar refractivity (Wildman–Crippen MR) is 70.4 cm³/mol. The molecule has 3 nitrogen and oxygen atoms in total. The summed E-state index contributed by atoms with van der Waals surface area (Å²) in [6.45, 7) is 4.24. The summed E-state index contributed by atoms with van der Waals surface area (Å²) in [5, 5.41) is 7.73. The van der Waals surface area contributed by atoms with Gasteiger partial charge in [0.05, 0.1) is 11.9 Å². The molecule has 0 bridgehead atoms. The van der Waals surface area contributed by atoms with Gasteiger partial charge in [0.15, 0.2) is 0 Å². The predicted octanol–water partition coefficient (Wildman–Crippen LogP) is 2.85. The summed E-state index contributed by atoms with van der Waals surface area (Å²) < 4.78 is 1.95. The van der Waals surface area contributed by atoms with E-state index in [2.05, 4.69) is 54.7 Å². The van der Waals surface area contributed by atoms with E-state index in [4.69, 9.17) is 0 Å². The Morgan fingerprint density at radius 3 is 2.71 bits per heavy atom. The summed E-state index contributed by atoms with van der Waals surface area (Å²) in [6, 6.07) is 8.78. The maximum absolute atomic E-state index is 4.39. The second kappa shape index (κ2) is 5.15. The molecule has 1 atom stereocenters.